The normalized spacial score (nSPS) is 12.2. The number of amides is 1. The molecular weight excluding hydrogens is 330 g/mol. The molecule has 124 valence electrons. The van der Waals surface area contributed by atoms with Crippen LogP contribution in [0.25, 0.3) is 0 Å². The molecule has 0 radical (unpaired) electrons. The molecule has 0 N–H and O–H groups in total. The first-order valence-corrected chi connectivity index (χ1v) is 9.14. The van der Waals surface area contributed by atoms with Gasteiger partial charge in [0.25, 0.3) is 0 Å². The van der Waals surface area contributed by atoms with Crippen LogP contribution in [0.15, 0.2) is 24.3 Å². The fourth-order valence-electron chi connectivity index (χ4n) is 2.29. The highest BCUT2D eigenvalue weighted by molar-refractivity contribution is 7.11. The number of para-hydroxylation sites is 1. The van der Waals surface area contributed by atoms with Gasteiger partial charge < -0.3 is 4.90 Å². The summed E-state index contributed by atoms with van der Waals surface area (Å²) < 4.78 is 0. The number of aryl methyl sites for hydroxylation is 2. The molecule has 0 aliphatic heterocycles. The topological polar surface area (TPSA) is 46.1 Å². The molecule has 1 atom stereocenters. The number of rotatable bonds is 7. The van der Waals surface area contributed by atoms with E-state index in [2.05, 4.69) is 17.1 Å². The largest absolute Gasteiger partial charge is 0.304 e. The van der Waals surface area contributed by atoms with Crippen LogP contribution in [0, 0.1) is 6.92 Å². The van der Waals surface area contributed by atoms with Gasteiger partial charge in [-0.2, -0.15) is 0 Å². The lowest BCUT2D eigenvalue weighted by Gasteiger charge is -2.25. The van der Waals surface area contributed by atoms with Crippen LogP contribution in [-0.2, 0) is 17.8 Å². The van der Waals surface area contributed by atoms with Crippen molar-refractivity contribution in [1.82, 2.24) is 10.2 Å². The van der Waals surface area contributed by atoms with Crippen LogP contribution in [0.4, 0.5) is 5.69 Å². The third kappa shape index (κ3) is 4.52. The van der Waals surface area contributed by atoms with Gasteiger partial charge in [0.15, 0.2) is 0 Å². The maximum Gasteiger partial charge on any atom is 0.245 e. The summed E-state index contributed by atoms with van der Waals surface area (Å²) in [6, 6.07) is 7.83. The highest BCUT2D eigenvalue weighted by Gasteiger charge is 2.24. The van der Waals surface area contributed by atoms with Crippen molar-refractivity contribution in [3.05, 3.63) is 39.8 Å². The fraction of sp³-hybridized carbons (Fsp3) is 0.471. The van der Waals surface area contributed by atoms with Crippen molar-refractivity contribution < 1.29 is 4.79 Å². The summed E-state index contributed by atoms with van der Waals surface area (Å²) in [7, 11) is 0. The van der Waals surface area contributed by atoms with Gasteiger partial charge in [-0.25, -0.2) is 0 Å². The number of hydrogen-bond acceptors (Lipinski definition) is 4. The zero-order valence-corrected chi connectivity index (χ0v) is 15.3. The average molecular weight is 352 g/mol. The number of nitrogens with zero attached hydrogens (tertiary/aromatic N) is 3. The van der Waals surface area contributed by atoms with Crippen LogP contribution < -0.4 is 4.90 Å². The van der Waals surface area contributed by atoms with Crippen molar-refractivity contribution >= 4 is 34.5 Å². The van der Waals surface area contributed by atoms with Gasteiger partial charge in [0.2, 0.25) is 5.91 Å². The minimum atomic E-state index is -0.530. The molecule has 0 bridgehead atoms. The van der Waals surface area contributed by atoms with Gasteiger partial charge >= 0.3 is 0 Å². The lowest BCUT2D eigenvalue weighted by Crippen LogP contribution is -2.36. The zero-order chi connectivity index (χ0) is 16.8. The second-order valence-electron chi connectivity index (χ2n) is 5.43. The maximum absolute atomic E-state index is 12.7. The van der Waals surface area contributed by atoms with Gasteiger partial charge in [0.05, 0.1) is 6.54 Å². The minimum absolute atomic E-state index is 0.0873. The van der Waals surface area contributed by atoms with E-state index in [-0.39, 0.29) is 5.91 Å². The summed E-state index contributed by atoms with van der Waals surface area (Å²) in [5.41, 5.74) is 1.92. The Kier molecular flexibility index (Phi) is 6.54. The average Bonchev–Trinajstić information content (AvgIpc) is 2.99. The van der Waals surface area contributed by atoms with Gasteiger partial charge in [-0.3, -0.25) is 4.79 Å². The first kappa shape index (κ1) is 17.9. The van der Waals surface area contributed by atoms with Crippen LogP contribution in [0.5, 0.6) is 0 Å². The van der Waals surface area contributed by atoms with Crippen molar-refractivity contribution in [2.24, 2.45) is 0 Å². The van der Waals surface area contributed by atoms with E-state index in [0.717, 1.165) is 34.1 Å². The summed E-state index contributed by atoms with van der Waals surface area (Å²) in [6.07, 6.45) is 2.55. The standard InChI is InChI=1S/C17H22ClN3OS/c1-4-8-15-19-20-16(23-15)11-21(17(22)13(18)5-2)14-10-7-6-9-12(14)3/h6-7,9-10,13H,4-5,8,11H2,1-3H3. The molecule has 0 saturated carbocycles. The molecule has 1 unspecified atom stereocenters. The van der Waals surface area contributed by atoms with Gasteiger partial charge in [0, 0.05) is 12.1 Å². The number of halogens is 1. The van der Waals surface area contributed by atoms with Gasteiger partial charge in [-0.15, -0.1) is 21.8 Å². The summed E-state index contributed by atoms with van der Waals surface area (Å²) in [4.78, 5) is 14.4. The predicted molar refractivity (Wildman–Crippen MR) is 96.2 cm³/mol. The molecular formula is C17H22ClN3OS. The molecule has 1 heterocycles. The number of carbonyl (C=O) groups excluding carboxylic acids is 1. The van der Waals surface area contributed by atoms with E-state index in [4.69, 9.17) is 11.6 Å². The van der Waals surface area contributed by atoms with E-state index in [9.17, 15) is 4.79 Å². The molecule has 0 aliphatic carbocycles. The molecule has 1 aromatic heterocycles. The lowest BCUT2D eigenvalue weighted by molar-refractivity contribution is -0.118. The third-order valence-corrected chi connectivity index (χ3v) is 5.03. The third-order valence-electron chi connectivity index (χ3n) is 3.56. The summed E-state index contributed by atoms with van der Waals surface area (Å²) >= 11 is 7.77. The summed E-state index contributed by atoms with van der Waals surface area (Å²) in [6.45, 7) is 6.43. The van der Waals surface area contributed by atoms with Crippen LogP contribution >= 0.6 is 22.9 Å². The smallest absolute Gasteiger partial charge is 0.245 e. The number of aromatic nitrogens is 2. The van der Waals surface area contributed by atoms with Gasteiger partial charge in [-0.05, 0) is 31.4 Å². The Bertz CT molecular complexity index is 659. The second-order valence-corrected chi connectivity index (χ2v) is 7.10. The molecule has 0 aliphatic rings. The summed E-state index contributed by atoms with van der Waals surface area (Å²) in [5, 5.41) is 9.75. The SMILES string of the molecule is CCCc1nnc(CN(C(=O)C(Cl)CC)c2ccccc2C)s1. The number of anilines is 1. The molecule has 2 rings (SSSR count). The molecule has 23 heavy (non-hydrogen) atoms. The molecule has 0 spiro atoms. The Hall–Kier alpha value is -1.46. The molecule has 1 amide bonds. The Labute approximate surface area is 146 Å². The van der Waals surface area contributed by atoms with Crippen molar-refractivity contribution in [1.29, 1.82) is 0 Å². The van der Waals surface area contributed by atoms with Crippen molar-refractivity contribution in [2.75, 3.05) is 4.90 Å². The number of benzene rings is 1. The predicted octanol–water partition coefficient (Wildman–Crippen LogP) is 4.35. The van der Waals surface area contributed by atoms with Crippen molar-refractivity contribution in [2.45, 2.75) is 52.0 Å². The van der Waals surface area contributed by atoms with E-state index in [1.165, 1.54) is 0 Å². The quantitative estimate of drug-likeness (QED) is 0.696. The van der Waals surface area contributed by atoms with E-state index >= 15 is 0 Å². The molecule has 6 heteroatoms. The highest BCUT2D eigenvalue weighted by atomic mass is 35.5. The van der Waals surface area contributed by atoms with E-state index in [1.54, 1.807) is 16.2 Å². The van der Waals surface area contributed by atoms with Crippen LogP contribution in [-0.4, -0.2) is 21.5 Å². The second kappa shape index (κ2) is 8.41. The first-order valence-electron chi connectivity index (χ1n) is 7.89. The molecule has 0 fully saturated rings. The van der Waals surface area contributed by atoms with Crippen LogP contribution in [0.1, 0.15) is 42.3 Å². The van der Waals surface area contributed by atoms with E-state index in [0.29, 0.717) is 13.0 Å². The van der Waals surface area contributed by atoms with Crippen LogP contribution in [0.3, 0.4) is 0 Å². The Morgan fingerprint density at radius 3 is 2.61 bits per heavy atom. The van der Waals surface area contributed by atoms with E-state index < -0.39 is 5.38 Å². The summed E-state index contributed by atoms with van der Waals surface area (Å²) in [5.74, 6) is -0.0873. The molecule has 4 nitrogen and oxygen atoms in total. The Morgan fingerprint density at radius 1 is 1.26 bits per heavy atom. The molecule has 1 aromatic carbocycles. The van der Waals surface area contributed by atoms with E-state index in [1.807, 2.05) is 38.1 Å². The lowest BCUT2D eigenvalue weighted by atomic mass is 10.1. The van der Waals surface area contributed by atoms with Crippen LogP contribution in [0.2, 0.25) is 0 Å². The first-order chi connectivity index (χ1) is 11.1. The van der Waals surface area contributed by atoms with Gasteiger partial charge in [-0.1, -0.05) is 43.4 Å². The molecule has 0 saturated heterocycles. The maximum atomic E-state index is 12.7. The number of alkyl halides is 1. The Morgan fingerprint density at radius 2 is 1.96 bits per heavy atom. The highest BCUT2D eigenvalue weighted by Crippen LogP contribution is 2.25. The minimum Gasteiger partial charge on any atom is -0.304 e. The number of carbonyl (C=O) groups is 1. The molecule has 2 aromatic rings. The number of hydrogen-bond donors (Lipinski definition) is 0. The fourth-order valence-corrected chi connectivity index (χ4v) is 3.35. The Balaban J connectivity index is 2.29. The zero-order valence-electron chi connectivity index (χ0n) is 13.8. The van der Waals surface area contributed by atoms with Crippen molar-refractivity contribution in [3.8, 4) is 0 Å². The van der Waals surface area contributed by atoms with Crippen molar-refractivity contribution in [3.63, 3.8) is 0 Å². The van der Waals surface area contributed by atoms with Gasteiger partial charge in [0.1, 0.15) is 15.4 Å². The monoisotopic (exact) mass is 351 g/mol.